The largest absolute Gasteiger partial charge is 0.281 e. The van der Waals surface area contributed by atoms with Crippen LogP contribution < -0.4 is 5.43 Å². The number of hydrazone groups is 1. The Morgan fingerprint density at radius 2 is 2.14 bits per heavy atom. The van der Waals surface area contributed by atoms with Crippen LogP contribution in [0.3, 0.4) is 0 Å². The molecule has 0 bridgehead atoms. The van der Waals surface area contributed by atoms with E-state index in [1.54, 1.807) is 24.3 Å². The van der Waals surface area contributed by atoms with Crippen LogP contribution in [0.4, 0.5) is 5.69 Å². The van der Waals surface area contributed by atoms with Crippen molar-refractivity contribution in [3.05, 3.63) is 67.9 Å². The highest BCUT2D eigenvalue weighted by Gasteiger charge is 2.09. The van der Waals surface area contributed by atoms with Gasteiger partial charge in [-0.3, -0.25) is 14.9 Å². The second-order valence-corrected chi connectivity index (χ2v) is 5.24. The summed E-state index contributed by atoms with van der Waals surface area (Å²) >= 11 is 1.34. The Morgan fingerprint density at radius 1 is 1.36 bits per heavy atom. The second kappa shape index (κ2) is 7.28. The second-order valence-electron chi connectivity index (χ2n) is 4.33. The van der Waals surface area contributed by atoms with Gasteiger partial charge in [0.25, 0.3) is 11.6 Å². The molecule has 1 aromatic carbocycles. The van der Waals surface area contributed by atoms with Crippen LogP contribution in [-0.4, -0.2) is 17.0 Å². The SMILES string of the molecule is Cc1ccsc1C(=O)NN=C/C=C\c1ccccc1[N+](=O)[O-]. The molecule has 0 saturated heterocycles. The van der Waals surface area contributed by atoms with Crippen molar-refractivity contribution in [3.8, 4) is 0 Å². The van der Waals surface area contributed by atoms with Crippen molar-refractivity contribution < 1.29 is 9.72 Å². The number of rotatable bonds is 5. The maximum atomic E-state index is 11.8. The minimum absolute atomic E-state index is 0.0189. The van der Waals surface area contributed by atoms with Gasteiger partial charge in [-0.2, -0.15) is 5.10 Å². The molecular formula is C15H13N3O3S. The normalized spacial score (nSPS) is 11.1. The number of hydrogen-bond acceptors (Lipinski definition) is 5. The van der Waals surface area contributed by atoms with Crippen molar-refractivity contribution in [1.29, 1.82) is 0 Å². The number of allylic oxidation sites excluding steroid dienone is 1. The molecular weight excluding hydrogens is 302 g/mol. The molecule has 0 aliphatic rings. The predicted molar refractivity (Wildman–Crippen MR) is 87.1 cm³/mol. The van der Waals surface area contributed by atoms with Crippen LogP contribution in [0, 0.1) is 17.0 Å². The van der Waals surface area contributed by atoms with Crippen LogP contribution in [0.15, 0.2) is 46.9 Å². The van der Waals surface area contributed by atoms with Gasteiger partial charge in [-0.05, 0) is 42.2 Å². The summed E-state index contributed by atoms with van der Waals surface area (Å²) in [5.74, 6) is -0.275. The number of benzene rings is 1. The third kappa shape index (κ3) is 3.86. The minimum Gasteiger partial charge on any atom is -0.266 e. The highest BCUT2D eigenvalue weighted by molar-refractivity contribution is 7.12. The summed E-state index contributed by atoms with van der Waals surface area (Å²) in [6.45, 7) is 1.85. The van der Waals surface area contributed by atoms with E-state index in [-0.39, 0.29) is 11.6 Å². The van der Waals surface area contributed by atoms with Gasteiger partial charge in [0.15, 0.2) is 0 Å². The quantitative estimate of drug-likeness (QED) is 0.521. The average Bonchev–Trinajstić information content (AvgIpc) is 2.93. The van der Waals surface area contributed by atoms with E-state index in [2.05, 4.69) is 10.5 Å². The lowest BCUT2D eigenvalue weighted by atomic mass is 10.2. The number of nitro benzene ring substituents is 1. The zero-order valence-corrected chi connectivity index (χ0v) is 12.5. The fourth-order valence-electron chi connectivity index (χ4n) is 1.74. The molecule has 0 spiro atoms. The van der Waals surface area contributed by atoms with Gasteiger partial charge in [0.05, 0.1) is 15.4 Å². The highest BCUT2D eigenvalue weighted by Crippen LogP contribution is 2.18. The number of para-hydroxylation sites is 1. The molecule has 2 rings (SSSR count). The molecule has 0 aliphatic carbocycles. The lowest BCUT2D eigenvalue weighted by Crippen LogP contribution is -2.16. The van der Waals surface area contributed by atoms with E-state index >= 15 is 0 Å². The smallest absolute Gasteiger partial charge is 0.266 e. The molecule has 0 radical (unpaired) electrons. The fraction of sp³-hybridized carbons (Fsp3) is 0.0667. The summed E-state index contributed by atoms with van der Waals surface area (Å²) in [7, 11) is 0. The number of carbonyl (C=O) groups is 1. The van der Waals surface area contributed by atoms with Crippen molar-refractivity contribution in [1.82, 2.24) is 5.43 Å². The Labute approximate surface area is 130 Å². The lowest BCUT2D eigenvalue weighted by Gasteiger charge is -1.97. The summed E-state index contributed by atoms with van der Waals surface area (Å²) < 4.78 is 0. The third-order valence-corrected chi connectivity index (χ3v) is 3.82. The molecule has 0 fully saturated rings. The van der Waals surface area contributed by atoms with E-state index in [0.29, 0.717) is 10.4 Å². The Morgan fingerprint density at radius 3 is 2.82 bits per heavy atom. The minimum atomic E-state index is -0.446. The summed E-state index contributed by atoms with van der Waals surface area (Å²) in [5, 5.41) is 16.5. The predicted octanol–water partition coefficient (Wildman–Crippen LogP) is 3.39. The van der Waals surface area contributed by atoms with Crippen LogP contribution in [0.1, 0.15) is 20.8 Å². The highest BCUT2D eigenvalue weighted by atomic mass is 32.1. The van der Waals surface area contributed by atoms with Gasteiger partial charge in [-0.1, -0.05) is 12.1 Å². The number of nitrogens with one attached hydrogen (secondary N) is 1. The number of carbonyl (C=O) groups excluding carboxylic acids is 1. The van der Waals surface area contributed by atoms with E-state index in [4.69, 9.17) is 0 Å². The van der Waals surface area contributed by atoms with Crippen molar-refractivity contribution in [2.24, 2.45) is 5.10 Å². The first-order valence-corrected chi connectivity index (χ1v) is 7.25. The average molecular weight is 315 g/mol. The summed E-state index contributed by atoms with van der Waals surface area (Å²) in [4.78, 5) is 22.8. The number of aryl methyl sites for hydroxylation is 1. The van der Waals surface area contributed by atoms with Crippen molar-refractivity contribution in [3.63, 3.8) is 0 Å². The number of hydrogen-bond donors (Lipinski definition) is 1. The molecule has 0 saturated carbocycles. The molecule has 2 aromatic rings. The molecule has 22 heavy (non-hydrogen) atoms. The first-order valence-electron chi connectivity index (χ1n) is 6.37. The van der Waals surface area contributed by atoms with Crippen molar-refractivity contribution in [2.75, 3.05) is 0 Å². The molecule has 1 N–H and O–H groups in total. The van der Waals surface area contributed by atoms with Crippen molar-refractivity contribution in [2.45, 2.75) is 6.92 Å². The monoisotopic (exact) mass is 315 g/mol. The number of thiophene rings is 1. The van der Waals surface area contributed by atoms with Gasteiger partial charge in [-0.25, -0.2) is 5.43 Å². The van der Waals surface area contributed by atoms with Gasteiger partial charge < -0.3 is 0 Å². The standard InChI is InChI=1S/C15H13N3O3S/c1-11-8-10-22-14(11)15(19)17-16-9-4-6-12-5-2-3-7-13(12)18(20)21/h2-10H,1H3,(H,17,19)/b6-4-,16-9?. The van der Waals surface area contributed by atoms with Crippen LogP contribution in [0.5, 0.6) is 0 Å². The molecule has 0 unspecified atom stereocenters. The summed E-state index contributed by atoms with van der Waals surface area (Å²) in [5.41, 5.74) is 3.79. The van der Waals surface area contributed by atoms with Crippen molar-refractivity contribution >= 4 is 35.2 Å². The zero-order valence-electron chi connectivity index (χ0n) is 11.7. The van der Waals surface area contributed by atoms with E-state index in [0.717, 1.165) is 5.56 Å². The molecule has 1 amide bonds. The molecule has 1 aromatic heterocycles. The van der Waals surface area contributed by atoms with Gasteiger partial charge in [0.1, 0.15) is 0 Å². The Kier molecular flexibility index (Phi) is 5.16. The molecule has 6 nitrogen and oxygen atoms in total. The van der Waals surface area contributed by atoms with Crippen LogP contribution in [-0.2, 0) is 0 Å². The van der Waals surface area contributed by atoms with Crippen LogP contribution in [0.2, 0.25) is 0 Å². The van der Waals surface area contributed by atoms with E-state index in [1.165, 1.54) is 29.7 Å². The van der Waals surface area contributed by atoms with E-state index in [1.807, 2.05) is 18.4 Å². The lowest BCUT2D eigenvalue weighted by molar-refractivity contribution is -0.385. The summed E-state index contributed by atoms with van der Waals surface area (Å²) in [6.07, 6.45) is 4.46. The van der Waals surface area contributed by atoms with Crippen LogP contribution >= 0.6 is 11.3 Å². The molecule has 7 heteroatoms. The first kappa shape index (κ1) is 15.6. The zero-order chi connectivity index (χ0) is 15.9. The van der Waals surface area contributed by atoms with Gasteiger partial charge in [0.2, 0.25) is 0 Å². The van der Waals surface area contributed by atoms with E-state index in [9.17, 15) is 14.9 Å². The fourth-order valence-corrected chi connectivity index (χ4v) is 2.55. The maximum Gasteiger partial charge on any atom is 0.281 e. The van der Waals surface area contributed by atoms with Gasteiger partial charge >= 0.3 is 0 Å². The first-order chi connectivity index (χ1) is 10.6. The number of nitro groups is 1. The molecule has 0 atom stereocenters. The maximum absolute atomic E-state index is 11.8. The van der Waals surface area contributed by atoms with Gasteiger partial charge in [0, 0.05) is 12.3 Å². The Balaban J connectivity index is 1.97. The molecule has 112 valence electrons. The summed E-state index contributed by atoms with van der Waals surface area (Å²) in [6, 6.07) is 8.24. The Bertz CT molecular complexity index is 750. The topological polar surface area (TPSA) is 84.6 Å². The third-order valence-electron chi connectivity index (χ3n) is 2.80. The molecule has 0 aliphatic heterocycles. The number of nitrogens with zero attached hydrogens (tertiary/aromatic N) is 2. The molecule has 1 heterocycles. The number of amides is 1. The van der Waals surface area contributed by atoms with Crippen LogP contribution in [0.25, 0.3) is 6.08 Å². The van der Waals surface area contributed by atoms with Gasteiger partial charge in [-0.15, -0.1) is 11.3 Å². The Hall–Kier alpha value is -2.80. The van der Waals surface area contributed by atoms with E-state index < -0.39 is 4.92 Å².